The molecule has 0 amide bonds. The van der Waals surface area contributed by atoms with Crippen molar-refractivity contribution in [3.63, 3.8) is 0 Å². The smallest absolute Gasteiger partial charge is 0.127 e. The summed E-state index contributed by atoms with van der Waals surface area (Å²) in [5, 5.41) is 3.79. The van der Waals surface area contributed by atoms with Gasteiger partial charge in [0.05, 0.1) is 12.6 Å². The first-order chi connectivity index (χ1) is 14.3. The van der Waals surface area contributed by atoms with Crippen LogP contribution >= 0.6 is 0 Å². The van der Waals surface area contributed by atoms with Crippen LogP contribution in [0.5, 0.6) is 17.2 Å². The molecule has 0 saturated carbocycles. The Hall–Kier alpha value is -3.20. The highest BCUT2D eigenvalue weighted by Gasteiger charge is 2.38. The van der Waals surface area contributed by atoms with E-state index in [2.05, 4.69) is 53.9 Å². The third-order valence-corrected chi connectivity index (χ3v) is 5.86. The maximum Gasteiger partial charge on any atom is 0.127 e. The van der Waals surface area contributed by atoms with Gasteiger partial charge in [-0.05, 0) is 72.9 Å². The second-order valence-corrected chi connectivity index (χ2v) is 7.64. The number of hydrogen-bond donors (Lipinski definition) is 1. The Kier molecular flexibility index (Phi) is 4.73. The fraction of sp³-hybridized carbons (Fsp3) is 0.231. The summed E-state index contributed by atoms with van der Waals surface area (Å²) in [6.45, 7) is 2.70. The van der Waals surface area contributed by atoms with Gasteiger partial charge in [-0.2, -0.15) is 0 Å². The maximum atomic E-state index is 6.07. The number of ether oxygens (including phenoxy) is 2. The minimum Gasteiger partial charge on any atom is -0.494 e. The number of para-hydroxylation sites is 1. The number of fused-ring (bicyclic) bond motifs is 3. The highest BCUT2D eigenvalue weighted by molar-refractivity contribution is 5.62. The van der Waals surface area contributed by atoms with Gasteiger partial charge in [-0.25, -0.2) is 0 Å². The summed E-state index contributed by atoms with van der Waals surface area (Å²) in [5.41, 5.74) is 3.82. The van der Waals surface area contributed by atoms with Crippen LogP contribution in [0.4, 0.5) is 5.69 Å². The lowest BCUT2D eigenvalue weighted by Crippen LogP contribution is -2.29. The summed E-state index contributed by atoms with van der Waals surface area (Å²) < 4.78 is 11.7. The fourth-order valence-corrected chi connectivity index (χ4v) is 4.53. The van der Waals surface area contributed by atoms with Gasteiger partial charge in [-0.3, -0.25) is 0 Å². The van der Waals surface area contributed by atoms with E-state index in [9.17, 15) is 0 Å². The van der Waals surface area contributed by atoms with E-state index in [0.717, 1.165) is 23.7 Å². The van der Waals surface area contributed by atoms with Crippen molar-refractivity contribution >= 4 is 5.69 Å². The van der Waals surface area contributed by atoms with Gasteiger partial charge in [-0.1, -0.05) is 42.5 Å². The van der Waals surface area contributed by atoms with Gasteiger partial charge in [-0.15, -0.1) is 0 Å². The van der Waals surface area contributed by atoms with Crippen LogP contribution in [0.15, 0.2) is 84.9 Å². The highest BCUT2D eigenvalue weighted by Crippen LogP contribution is 2.50. The first-order valence-electron chi connectivity index (χ1n) is 10.3. The van der Waals surface area contributed by atoms with Gasteiger partial charge >= 0.3 is 0 Å². The second-order valence-electron chi connectivity index (χ2n) is 7.64. The number of anilines is 1. The number of hydrogen-bond acceptors (Lipinski definition) is 3. The molecule has 0 bridgehead atoms. The molecule has 3 heteroatoms. The lowest BCUT2D eigenvalue weighted by atomic mass is 9.77. The first kappa shape index (κ1) is 17.9. The zero-order valence-corrected chi connectivity index (χ0v) is 16.5. The van der Waals surface area contributed by atoms with Crippen LogP contribution in [-0.2, 0) is 0 Å². The number of benzene rings is 3. The summed E-state index contributed by atoms with van der Waals surface area (Å²) in [6, 6.07) is 25.2. The van der Waals surface area contributed by atoms with E-state index in [1.165, 1.54) is 16.8 Å². The highest BCUT2D eigenvalue weighted by atomic mass is 16.5. The predicted molar refractivity (Wildman–Crippen MR) is 117 cm³/mol. The Bertz CT molecular complexity index is 1010. The molecule has 0 spiro atoms. The molecular weight excluding hydrogens is 358 g/mol. The van der Waals surface area contributed by atoms with Crippen molar-refractivity contribution in [3.05, 3.63) is 96.1 Å². The van der Waals surface area contributed by atoms with Crippen LogP contribution in [0.1, 0.15) is 36.4 Å². The molecule has 1 aliphatic heterocycles. The molecule has 0 fully saturated rings. The van der Waals surface area contributed by atoms with E-state index in [-0.39, 0.29) is 0 Å². The Morgan fingerprint density at radius 2 is 1.69 bits per heavy atom. The Balaban J connectivity index is 1.43. The molecule has 1 aliphatic carbocycles. The van der Waals surface area contributed by atoms with Crippen LogP contribution in [-0.4, -0.2) is 6.61 Å². The van der Waals surface area contributed by atoms with Crippen molar-refractivity contribution in [1.82, 2.24) is 0 Å². The van der Waals surface area contributed by atoms with E-state index in [0.29, 0.717) is 24.5 Å². The topological polar surface area (TPSA) is 30.5 Å². The summed E-state index contributed by atoms with van der Waals surface area (Å²) in [5.74, 6) is 3.59. The Morgan fingerprint density at radius 1 is 0.897 bits per heavy atom. The molecular formula is C26H25NO2. The van der Waals surface area contributed by atoms with Crippen molar-refractivity contribution in [2.24, 2.45) is 5.92 Å². The standard InChI is InChI=1S/C26H25NO2/c1-2-28-19-13-11-18(12-14-19)26-23-10-6-9-22(23)24-17-21(15-16-25(24)27-26)29-20-7-4-3-5-8-20/h3-9,11-17,22-23,26-27H,2,10H2,1H3/t22-,23+,26+/m1/s1. The first-order valence-corrected chi connectivity index (χ1v) is 10.3. The summed E-state index contributed by atoms with van der Waals surface area (Å²) >= 11 is 0. The van der Waals surface area contributed by atoms with Crippen molar-refractivity contribution in [2.75, 3.05) is 11.9 Å². The zero-order valence-electron chi connectivity index (χ0n) is 16.5. The third-order valence-electron chi connectivity index (χ3n) is 5.86. The van der Waals surface area contributed by atoms with Gasteiger partial charge in [0.15, 0.2) is 0 Å². The molecule has 5 rings (SSSR count). The van der Waals surface area contributed by atoms with Crippen molar-refractivity contribution < 1.29 is 9.47 Å². The molecule has 1 N–H and O–H groups in total. The monoisotopic (exact) mass is 383 g/mol. The molecule has 0 saturated heterocycles. The summed E-state index contributed by atoms with van der Waals surface area (Å²) in [6.07, 6.45) is 5.76. The number of nitrogens with one attached hydrogen (secondary N) is 1. The molecule has 3 nitrogen and oxygen atoms in total. The van der Waals surface area contributed by atoms with Gasteiger partial charge in [0.25, 0.3) is 0 Å². The molecule has 29 heavy (non-hydrogen) atoms. The molecule has 3 atom stereocenters. The van der Waals surface area contributed by atoms with Gasteiger partial charge in [0.2, 0.25) is 0 Å². The largest absolute Gasteiger partial charge is 0.494 e. The fourth-order valence-electron chi connectivity index (χ4n) is 4.53. The molecule has 0 unspecified atom stereocenters. The zero-order chi connectivity index (χ0) is 19.6. The molecule has 3 aromatic rings. The van der Waals surface area contributed by atoms with E-state index < -0.39 is 0 Å². The van der Waals surface area contributed by atoms with E-state index in [1.54, 1.807) is 0 Å². The second kappa shape index (κ2) is 7.67. The van der Waals surface area contributed by atoms with Crippen molar-refractivity contribution in [3.8, 4) is 17.2 Å². The summed E-state index contributed by atoms with van der Waals surface area (Å²) in [7, 11) is 0. The maximum absolute atomic E-state index is 6.07. The third kappa shape index (κ3) is 3.49. The van der Waals surface area contributed by atoms with Crippen molar-refractivity contribution in [1.29, 1.82) is 0 Å². The molecule has 3 aromatic carbocycles. The lowest BCUT2D eigenvalue weighted by molar-refractivity contribution is 0.340. The SMILES string of the molecule is CCOc1ccc([C@@H]2Nc3ccc(Oc4ccccc4)cc3[C@@H]3C=CC[C@@H]32)cc1. The summed E-state index contributed by atoms with van der Waals surface area (Å²) in [4.78, 5) is 0. The van der Waals surface area contributed by atoms with E-state index in [4.69, 9.17) is 9.47 Å². The Labute approximate surface area is 172 Å². The normalized spacial score (nSPS) is 21.8. The van der Waals surface area contributed by atoms with Crippen LogP contribution in [0.2, 0.25) is 0 Å². The average molecular weight is 383 g/mol. The minimum absolute atomic E-state index is 0.291. The van der Waals surface area contributed by atoms with Crippen LogP contribution in [0.3, 0.4) is 0 Å². The van der Waals surface area contributed by atoms with Crippen LogP contribution < -0.4 is 14.8 Å². The average Bonchev–Trinajstić information content (AvgIpc) is 3.25. The predicted octanol–water partition coefficient (Wildman–Crippen LogP) is 6.70. The van der Waals surface area contributed by atoms with Gasteiger partial charge in [0.1, 0.15) is 17.2 Å². The molecule has 2 aliphatic rings. The van der Waals surface area contributed by atoms with Crippen LogP contribution in [0, 0.1) is 5.92 Å². The lowest BCUT2D eigenvalue weighted by Gasteiger charge is -2.37. The van der Waals surface area contributed by atoms with E-state index in [1.807, 2.05) is 43.3 Å². The number of allylic oxidation sites excluding steroid dienone is 2. The molecule has 0 radical (unpaired) electrons. The molecule has 1 heterocycles. The van der Waals surface area contributed by atoms with Crippen LogP contribution in [0.25, 0.3) is 0 Å². The quantitative estimate of drug-likeness (QED) is 0.497. The van der Waals surface area contributed by atoms with Gasteiger partial charge in [0, 0.05) is 11.6 Å². The van der Waals surface area contributed by atoms with Gasteiger partial charge < -0.3 is 14.8 Å². The minimum atomic E-state index is 0.291. The molecule has 146 valence electrons. The van der Waals surface area contributed by atoms with E-state index >= 15 is 0 Å². The Morgan fingerprint density at radius 3 is 2.48 bits per heavy atom. The van der Waals surface area contributed by atoms with Crippen molar-refractivity contribution in [2.45, 2.75) is 25.3 Å². The number of rotatable bonds is 5. The molecule has 0 aromatic heterocycles.